The Balaban J connectivity index is 1.43. The van der Waals surface area contributed by atoms with Gasteiger partial charge in [0.25, 0.3) is 5.91 Å². The van der Waals surface area contributed by atoms with Crippen LogP contribution in [0, 0.1) is 24.1 Å². The van der Waals surface area contributed by atoms with Gasteiger partial charge in [0, 0.05) is 31.7 Å². The number of carbonyl (C=O) groups is 1. The number of halogens is 1. The van der Waals surface area contributed by atoms with Crippen molar-refractivity contribution in [1.29, 1.82) is 5.26 Å². The highest BCUT2D eigenvalue weighted by molar-refractivity contribution is 7.17. The van der Waals surface area contributed by atoms with Gasteiger partial charge in [0.15, 0.2) is 0 Å². The topological polar surface area (TPSA) is 69.5 Å². The van der Waals surface area contributed by atoms with E-state index in [1.807, 2.05) is 41.0 Å². The molecule has 0 aliphatic carbocycles. The fraction of sp³-hybridized carbons (Fsp3) is 0.292. The molecule has 1 atom stereocenters. The Hall–Kier alpha value is -3.28. The average Bonchev–Trinajstić information content (AvgIpc) is 3.22. The van der Waals surface area contributed by atoms with Gasteiger partial charge in [-0.05, 0) is 48.9 Å². The Kier molecular flexibility index (Phi) is 6.49. The van der Waals surface area contributed by atoms with Crippen molar-refractivity contribution >= 4 is 17.2 Å². The van der Waals surface area contributed by atoms with E-state index in [1.54, 1.807) is 19.2 Å². The normalized spacial score (nSPS) is 15.2. The highest BCUT2D eigenvalue weighted by Crippen LogP contribution is 2.30. The number of hydrogen-bond donors (Lipinski definition) is 0. The Morgan fingerprint density at radius 3 is 2.38 bits per heavy atom. The number of ether oxygens (including phenoxy) is 1. The molecule has 3 aromatic rings. The molecular weight excluding hydrogens is 427 g/mol. The number of aromatic nitrogens is 1. The molecule has 1 aromatic heterocycles. The summed E-state index contributed by atoms with van der Waals surface area (Å²) >= 11 is 1.39. The lowest BCUT2D eigenvalue weighted by Crippen LogP contribution is -2.49. The summed E-state index contributed by atoms with van der Waals surface area (Å²) < 4.78 is 18.4. The molecule has 2 aromatic carbocycles. The molecular formula is C24H23FN4O2S. The molecule has 6 nitrogen and oxygen atoms in total. The van der Waals surface area contributed by atoms with Crippen LogP contribution in [0.3, 0.4) is 0 Å². The molecule has 0 unspecified atom stereocenters. The summed E-state index contributed by atoms with van der Waals surface area (Å²) in [4.78, 5) is 22.3. The van der Waals surface area contributed by atoms with Gasteiger partial charge in [-0.1, -0.05) is 12.1 Å². The molecule has 164 valence electrons. The molecule has 0 bridgehead atoms. The molecule has 0 N–H and O–H groups in total. The molecule has 8 heteroatoms. The fourth-order valence-corrected chi connectivity index (χ4v) is 4.83. The molecule has 1 fully saturated rings. The Bertz CT molecular complexity index is 1130. The highest BCUT2D eigenvalue weighted by Gasteiger charge is 2.29. The van der Waals surface area contributed by atoms with Crippen molar-refractivity contribution in [3.63, 3.8) is 0 Å². The lowest BCUT2D eigenvalue weighted by molar-refractivity contribution is 0.0610. The van der Waals surface area contributed by atoms with E-state index in [0.29, 0.717) is 31.1 Å². The summed E-state index contributed by atoms with van der Waals surface area (Å²) in [6, 6.07) is 15.5. The van der Waals surface area contributed by atoms with Crippen molar-refractivity contribution in [3.8, 4) is 22.4 Å². The lowest BCUT2D eigenvalue weighted by atomic mass is 10.1. The number of thiazole rings is 1. The SMILES string of the molecule is COc1ccc(-c2nc(C)c(C(=O)N3CCN([C@H](C#N)c4ccc(F)cc4)CC3)s2)cc1. The van der Waals surface area contributed by atoms with Crippen LogP contribution in [-0.4, -0.2) is 54.0 Å². The van der Waals surface area contributed by atoms with E-state index in [1.165, 1.54) is 23.5 Å². The van der Waals surface area contributed by atoms with Crippen LogP contribution in [0.2, 0.25) is 0 Å². The van der Waals surface area contributed by atoms with Crippen LogP contribution >= 0.6 is 11.3 Å². The maximum atomic E-state index is 13.2. The van der Waals surface area contributed by atoms with E-state index in [-0.39, 0.29) is 11.7 Å². The Morgan fingerprint density at radius 1 is 1.12 bits per heavy atom. The minimum Gasteiger partial charge on any atom is -0.497 e. The zero-order valence-corrected chi connectivity index (χ0v) is 18.7. The van der Waals surface area contributed by atoms with Crippen LogP contribution in [-0.2, 0) is 0 Å². The van der Waals surface area contributed by atoms with E-state index < -0.39 is 6.04 Å². The van der Waals surface area contributed by atoms with Crippen LogP contribution in [0.1, 0.15) is 27.0 Å². The monoisotopic (exact) mass is 450 g/mol. The van der Waals surface area contributed by atoms with Crippen LogP contribution in [0.25, 0.3) is 10.6 Å². The quantitative estimate of drug-likeness (QED) is 0.580. The molecule has 0 radical (unpaired) electrons. The van der Waals surface area contributed by atoms with Gasteiger partial charge in [0.1, 0.15) is 27.5 Å². The molecule has 32 heavy (non-hydrogen) atoms. The fourth-order valence-electron chi connectivity index (χ4n) is 3.79. The molecule has 0 spiro atoms. The standard InChI is InChI=1S/C24H23FN4O2S/c1-16-22(32-23(27-16)18-5-9-20(31-2)10-6-18)24(30)29-13-11-28(12-14-29)21(15-26)17-3-7-19(25)8-4-17/h3-10,21H,11-14H2,1-2H3/t21-/m1/s1. The first-order valence-electron chi connectivity index (χ1n) is 10.3. The minimum absolute atomic E-state index is 0.0327. The number of nitrogens with zero attached hydrogens (tertiary/aromatic N) is 4. The maximum absolute atomic E-state index is 13.2. The Morgan fingerprint density at radius 2 is 1.78 bits per heavy atom. The maximum Gasteiger partial charge on any atom is 0.265 e. The second kappa shape index (κ2) is 9.47. The van der Waals surface area contributed by atoms with Crippen LogP contribution in [0.4, 0.5) is 4.39 Å². The third-order valence-corrected chi connectivity index (χ3v) is 6.80. The van der Waals surface area contributed by atoms with Gasteiger partial charge in [-0.15, -0.1) is 11.3 Å². The number of hydrogen-bond acceptors (Lipinski definition) is 6. The Labute approximate surface area is 190 Å². The van der Waals surface area contributed by atoms with Crippen molar-refractivity contribution in [2.45, 2.75) is 13.0 Å². The molecule has 1 saturated heterocycles. The smallest absolute Gasteiger partial charge is 0.265 e. The van der Waals surface area contributed by atoms with Crippen molar-refractivity contribution in [2.24, 2.45) is 0 Å². The number of aryl methyl sites for hydroxylation is 1. The van der Waals surface area contributed by atoms with Gasteiger partial charge in [-0.3, -0.25) is 9.69 Å². The molecule has 1 amide bonds. The number of piperazine rings is 1. The van der Waals surface area contributed by atoms with Crippen molar-refractivity contribution in [2.75, 3.05) is 33.3 Å². The first-order chi connectivity index (χ1) is 15.5. The molecule has 2 heterocycles. The first-order valence-corrected chi connectivity index (χ1v) is 11.1. The summed E-state index contributed by atoms with van der Waals surface area (Å²) in [5.74, 6) is 0.414. The summed E-state index contributed by atoms with van der Waals surface area (Å²) in [5.41, 5.74) is 2.42. The molecule has 1 aliphatic rings. The van der Waals surface area contributed by atoms with E-state index in [2.05, 4.69) is 11.1 Å². The number of carbonyl (C=O) groups excluding carboxylic acids is 1. The number of methoxy groups -OCH3 is 1. The van der Waals surface area contributed by atoms with Crippen molar-refractivity contribution in [1.82, 2.24) is 14.8 Å². The summed E-state index contributed by atoms with van der Waals surface area (Å²) in [6.45, 7) is 4.04. The second-order valence-electron chi connectivity index (χ2n) is 7.57. The third-order valence-electron chi connectivity index (χ3n) is 5.60. The predicted molar refractivity (Wildman–Crippen MR) is 121 cm³/mol. The first kappa shape index (κ1) is 21.9. The molecule has 1 aliphatic heterocycles. The van der Waals surface area contributed by atoms with Crippen molar-refractivity contribution in [3.05, 3.63) is 70.5 Å². The number of amides is 1. The van der Waals surface area contributed by atoms with E-state index in [4.69, 9.17) is 4.74 Å². The number of nitriles is 1. The van der Waals surface area contributed by atoms with Crippen molar-refractivity contribution < 1.29 is 13.9 Å². The predicted octanol–water partition coefficient (Wildman–Crippen LogP) is 4.29. The molecule has 0 saturated carbocycles. The van der Waals surface area contributed by atoms with Gasteiger partial charge >= 0.3 is 0 Å². The zero-order chi connectivity index (χ0) is 22.7. The minimum atomic E-state index is -0.459. The van der Waals surface area contributed by atoms with Gasteiger partial charge in [-0.25, -0.2) is 9.37 Å². The van der Waals surface area contributed by atoms with Crippen LogP contribution in [0.5, 0.6) is 5.75 Å². The van der Waals surface area contributed by atoms with E-state index >= 15 is 0 Å². The van der Waals surface area contributed by atoms with Gasteiger partial charge in [-0.2, -0.15) is 5.26 Å². The summed E-state index contributed by atoms with van der Waals surface area (Å²) in [5, 5.41) is 10.5. The second-order valence-corrected chi connectivity index (χ2v) is 8.57. The van der Waals surface area contributed by atoms with E-state index in [9.17, 15) is 14.4 Å². The number of rotatable bonds is 5. The summed E-state index contributed by atoms with van der Waals surface area (Å²) in [6.07, 6.45) is 0. The zero-order valence-electron chi connectivity index (χ0n) is 17.9. The summed E-state index contributed by atoms with van der Waals surface area (Å²) in [7, 11) is 1.62. The van der Waals surface area contributed by atoms with Gasteiger partial charge in [0.2, 0.25) is 0 Å². The average molecular weight is 451 g/mol. The van der Waals surface area contributed by atoms with Gasteiger partial charge in [0.05, 0.1) is 18.9 Å². The van der Waals surface area contributed by atoms with Gasteiger partial charge < -0.3 is 9.64 Å². The molecule has 4 rings (SSSR count). The number of benzene rings is 2. The lowest BCUT2D eigenvalue weighted by Gasteiger charge is -2.36. The highest BCUT2D eigenvalue weighted by atomic mass is 32.1. The van der Waals surface area contributed by atoms with Crippen LogP contribution < -0.4 is 4.74 Å². The van der Waals surface area contributed by atoms with Crippen LogP contribution in [0.15, 0.2) is 48.5 Å². The largest absolute Gasteiger partial charge is 0.497 e. The third kappa shape index (κ3) is 4.49. The van der Waals surface area contributed by atoms with E-state index in [0.717, 1.165) is 27.6 Å².